The Balaban J connectivity index is 1.59. The summed E-state index contributed by atoms with van der Waals surface area (Å²) < 4.78 is 5.69. The number of carbonyl (C=O) groups is 2. The number of ether oxygens (including phenoxy) is 1. The molecular weight excluding hydrogens is 380 g/mol. The molecular formula is C23H22N4O3. The van der Waals surface area contributed by atoms with Crippen LogP contribution in [0.2, 0.25) is 0 Å². The SMILES string of the molecule is CN1CCCN(C(=O)C2(C)Cc3ccccc3C(=O)O2)c2nc3ccccc3nc21. The van der Waals surface area contributed by atoms with Crippen LogP contribution in [0.1, 0.15) is 29.3 Å². The Bertz CT molecular complexity index is 1180. The molecule has 0 bridgehead atoms. The zero-order valence-corrected chi connectivity index (χ0v) is 17.0. The molecule has 3 heterocycles. The van der Waals surface area contributed by atoms with Gasteiger partial charge in [0.25, 0.3) is 5.91 Å². The van der Waals surface area contributed by atoms with Crippen molar-refractivity contribution in [2.24, 2.45) is 0 Å². The van der Waals surface area contributed by atoms with Crippen LogP contribution < -0.4 is 9.80 Å². The number of para-hydroxylation sites is 2. The van der Waals surface area contributed by atoms with E-state index >= 15 is 0 Å². The van der Waals surface area contributed by atoms with Gasteiger partial charge in [-0.1, -0.05) is 30.3 Å². The molecule has 1 amide bonds. The van der Waals surface area contributed by atoms with E-state index in [4.69, 9.17) is 14.7 Å². The van der Waals surface area contributed by atoms with Crippen molar-refractivity contribution in [3.63, 3.8) is 0 Å². The van der Waals surface area contributed by atoms with Crippen LogP contribution in [-0.2, 0) is 16.0 Å². The monoisotopic (exact) mass is 402 g/mol. The molecule has 5 rings (SSSR count). The van der Waals surface area contributed by atoms with Gasteiger partial charge in [0.1, 0.15) is 0 Å². The molecule has 2 aromatic carbocycles. The van der Waals surface area contributed by atoms with Crippen LogP contribution in [0, 0.1) is 0 Å². The van der Waals surface area contributed by atoms with E-state index in [-0.39, 0.29) is 5.91 Å². The molecule has 0 fully saturated rings. The largest absolute Gasteiger partial charge is 0.445 e. The Morgan fingerprint density at radius 2 is 1.67 bits per heavy atom. The van der Waals surface area contributed by atoms with Gasteiger partial charge in [0, 0.05) is 26.6 Å². The minimum atomic E-state index is -1.29. The highest BCUT2D eigenvalue weighted by atomic mass is 16.6. The number of hydrogen-bond acceptors (Lipinski definition) is 6. The molecule has 1 unspecified atom stereocenters. The number of nitrogens with zero attached hydrogens (tertiary/aromatic N) is 4. The van der Waals surface area contributed by atoms with Crippen molar-refractivity contribution < 1.29 is 14.3 Å². The van der Waals surface area contributed by atoms with E-state index in [0.29, 0.717) is 30.2 Å². The van der Waals surface area contributed by atoms with Gasteiger partial charge in [-0.2, -0.15) is 0 Å². The van der Waals surface area contributed by atoms with Crippen LogP contribution in [0.3, 0.4) is 0 Å². The standard InChI is InChI=1S/C23H22N4O3/c1-23(14-15-8-3-4-9-16(15)21(28)30-23)22(29)27-13-7-12-26(2)19-20(27)25-18-11-6-5-10-17(18)24-19/h3-6,8-11H,7,12-14H2,1-2H3. The van der Waals surface area contributed by atoms with E-state index < -0.39 is 11.6 Å². The van der Waals surface area contributed by atoms with Crippen LogP contribution in [0.4, 0.5) is 11.6 Å². The van der Waals surface area contributed by atoms with Crippen LogP contribution >= 0.6 is 0 Å². The van der Waals surface area contributed by atoms with Gasteiger partial charge in [0.15, 0.2) is 17.2 Å². The van der Waals surface area contributed by atoms with Crippen molar-refractivity contribution in [1.29, 1.82) is 0 Å². The molecule has 2 aliphatic rings. The first kappa shape index (κ1) is 18.5. The predicted octanol–water partition coefficient (Wildman–Crippen LogP) is 2.97. The number of rotatable bonds is 1. The minimum Gasteiger partial charge on any atom is -0.445 e. The van der Waals surface area contributed by atoms with Crippen molar-refractivity contribution in [2.45, 2.75) is 25.4 Å². The van der Waals surface area contributed by atoms with Gasteiger partial charge in [-0.15, -0.1) is 0 Å². The number of esters is 1. The number of cyclic esters (lactones) is 1. The van der Waals surface area contributed by atoms with Crippen molar-refractivity contribution in [3.05, 3.63) is 59.7 Å². The van der Waals surface area contributed by atoms with Crippen molar-refractivity contribution >= 4 is 34.5 Å². The average molecular weight is 402 g/mol. The summed E-state index contributed by atoms with van der Waals surface area (Å²) in [5, 5.41) is 0. The summed E-state index contributed by atoms with van der Waals surface area (Å²) in [6.45, 7) is 2.92. The number of amides is 1. The van der Waals surface area contributed by atoms with Gasteiger partial charge in [-0.25, -0.2) is 14.8 Å². The number of aromatic nitrogens is 2. The lowest BCUT2D eigenvalue weighted by atomic mass is 9.89. The van der Waals surface area contributed by atoms with Crippen molar-refractivity contribution in [1.82, 2.24) is 9.97 Å². The van der Waals surface area contributed by atoms with E-state index in [9.17, 15) is 9.59 Å². The normalized spacial score (nSPS) is 20.9. The number of hydrogen-bond donors (Lipinski definition) is 0. The summed E-state index contributed by atoms with van der Waals surface area (Å²) in [7, 11) is 1.95. The van der Waals surface area contributed by atoms with Crippen molar-refractivity contribution in [3.8, 4) is 0 Å². The van der Waals surface area contributed by atoms with Crippen molar-refractivity contribution in [2.75, 3.05) is 29.9 Å². The van der Waals surface area contributed by atoms with Gasteiger partial charge in [0.05, 0.1) is 16.6 Å². The molecule has 1 aromatic heterocycles. The number of fused-ring (bicyclic) bond motifs is 3. The molecule has 0 saturated carbocycles. The quantitative estimate of drug-likeness (QED) is 0.583. The van der Waals surface area contributed by atoms with Gasteiger partial charge < -0.3 is 9.64 Å². The molecule has 1 atom stereocenters. The lowest BCUT2D eigenvalue weighted by Gasteiger charge is -2.36. The highest BCUT2D eigenvalue weighted by molar-refractivity contribution is 6.05. The zero-order chi connectivity index (χ0) is 20.9. The second-order valence-corrected chi connectivity index (χ2v) is 8.05. The number of anilines is 2. The molecule has 2 aliphatic heterocycles. The van der Waals surface area contributed by atoms with Gasteiger partial charge >= 0.3 is 5.97 Å². The maximum absolute atomic E-state index is 13.8. The van der Waals surface area contributed by atoms with Crippen LogP contribution in [0.5, 0.6) is 0 Å². The minimum absolute atomic E-state index is 0.272. The molecule has 30 heavy (non-hydrogen) atoms. The molecule has 7 nitrogen and oxygen atoms in total. The molecule has 0 aliphatic carbocycles. The molecule has 152 valence electrons. The Morgan fingerprint density at radius 3 is 2.43 bits per heavy atom. The number of carbonyl (C=O) groups excluding carboxylic acids is 2. The van der Waals surface area contributed by atoms with Crippen LogP contribution in [0.25, 0.3) is 11.0 Å². The third-order valence-electron chi connectivity index (χ3n) is 5.81. The summed E-state index contributed by atoms with van der Waals surface area (Å²) in [5.41, 5.74) is 1.55. The van der Waals surface area contributed by atoms with Gasteiger partial charge in [-0.3, -0.25) is 9.69 Å². The second-order valence-electron chi connectivity index (χ2n) is 8.05. The summed E-state index contributed by atoms with van der Waals surface area (Å²) >= 11 is 0. The summed E-state index contributed by atoms with van der Waals surface area (Å²) in [4.78, 5) is 39.6. The molecule has 0 N–H and O–H groups in total. The second kappa shape index (κ2) is 6.79. The van der Waals surface area contributed by atoms with E-state index in [1.165, 1.54) is 0 Å². The highest BCUT2D eigenvalue weighted by Crippen LogP contribution is 2.35. The molecule has 0 spiro atoms. The van der Waals surface area contributed by atoms with Gasteiger partial charge in [-0.05, 0) is 37.1 Å². The first-order valence-electron chi connectivity index (χ1n) is 10.1. The lowest BCUT2D eigenvalue weighted by molar-refractivity contribution is -0.136. The first-order chi connectivity index (χ1) is 14.5. The van der Waals surface area contributed by atoms with Crippen LogP contribution in [0.15, 0.2) is 48.5 Å². The highest BCUT2D eigenvalue weighted by Gasteiger charge is 2.46. The van der Waals surface area contributed by atoms with E-state index in [1.54, 1.807) is 24.0 Å². The Kier molecular flexibility index (Phi) is 4.20. The zero-order valence-electron chi connectivity index (χ0n) is 17.0. The molecule has 3 aromatic rings. The Morgan fingerprint density at radius 1 is 1.00 bits per heavy atom. The summed E-state index contributed by atoms with van der Waals surface area (Å²) in [6.07, 6.45) is 1.09. The van der Waals surface area contributed by atoms with Gasteiger partial charge in [0.2, 0.25) is 0 Å². The molecule has 0 saturated heterocycles. The van der Waals surface area contributed by atoms with E-state index in [2.05, 4.69) is 0 Å². The third kappa shape index (κ3) is 2.89. The average Bonchev–Trinajstić information content (AvgIpc) is 2.90. The summed E-state index contributed by atoms with van der Waals surface area (Å²) in [6, 6.07) is 14.9. The summed E-state index contributed by atoms with van der Waals surface area (Å²) in [5.74, 6) is 0.427. The predicted molar refractivity (Wildman–Crippen MR) is 114 cm³/mol. The fraction of sp³-hybridized carbons (Fsp3) is 0.304. The smallest absolute Gasteiger partial charge is 0.339 e. The third-order valence-corrected chi connectivity index (χ3v) is 5.81. The lowest BCUT2D eigenvalue weighted by Crippen LogP contribution is -2.53. The Labute approximate surface area is 174 Å². The maximum Gasteiger partial charge on any atom is 0.339 e. The van der Waals surface area contributed by atoms with Crippen LogP contribution in [-0.4, -0.2) is 47.6 Å². The maximum atomic E-state index is 13.8. The Hall–Kier alpha value is -3.48. The van der Waals surface area contributed by atoms with E-state index in [1.807, 2.05) is 48.3 Å². The van der Waals surface area contributed by atoms with E-state index in [0.717, 1.165) is 29.6 Å². The first-order valence-corrected chi connectivity index (χ1v) is 10.1. The number of benzene rings is 2. The molecule has 0 radical (unpaired) electrons. The fourth-order valence-corrected chi connectivity index (χ4v) is 4.23. The topological polar surface area (TPSA) is 75.6 Å². The molecule has 7 heteroatoms. The fourth-order valence-electron chi connectivity index (χ4n) is 4.23.